The first-order chi connectivity index (χ1) is 16.5. The van der Waals surface area contributed by atoms with Crippen molar-refractivity contribution >= 4 is 22.9 Å². The van der Waals surface area contributed by atoms with Gasteiger partial charge in [-0.15, -0.1) is 0 Å². The zero-order valence-corrected chi connectivity index (χ0v) is 19.1. The molecule has 34 heavy (non-hydrogen) atoms. The second-order valence-corrected chi connectivity index (χ2v) is 7.57. The molecule has 2 amide bonds. The summed E-state index contributed by atoms with van der Waals surface area (Å²) < 4.78 is 11.2. The summed E-state index contributed by atoms with van der Waals surface area (Å²) in [4.78, 5) is 29.0. The third-order valence-electron chi connectivity index (χ3n) is 5.03. The molecule has 0 unspecified atom stereocenters. The maximum absolute atomic E-state index is 11.8. The number of ether oxygens (including phenoxy) is 2. The summed E-state index contributed by atoms with van der Waals surface area (Å²) in [7, 11) is 3.31. The van der Waals surface area contributed by atoms with Crippen LogP contribution in [0.2, 0.25) is 0 Å². The fourth-order valence-corrected chi connectivity index (χ4v) is 3.23. The number of anilines is 1. The molecular weight excluding hydrogens is 436 g/mol. The molecule has 1 aromatic carbocycles. The van der Waals surface area contributed by atoms with E-state index in [4.69, 9.17) is 14.5 Å². The molecule has 0 aliphatic carbocycles. The molecule has 1 saturated heterocycles. The van der Waals surface area contributed by atoms with Crippen LogP contribution in [0.15, 0.2) is 61.2 Å². The number of fused-ring (bicyclic) bond motifs is 1. The molecule has 1 fully saturated rings. The van der Waals surface area contributed by atoms with Crippen molar-refractivity contribution in [3.8, 4) is 17.4 Å². The molecule has 1 aliphatic rings. The summed E-state index contributed by atoms with van der Waals surface area (Å²) in [6.07, 6.45) is 8.00. The van der Waals surface area contributed by atoms with E-state index in [9.17, 15) is 4.79 Å². The third kappa shape index (κ3) is 5.38. The number of amides is 2. The number of carbonyl (C=O) groups is 1. The van der Waals surface area contributed by atoms with Crippen molar-refractivity contribution in [2.45, 2.75) is 0 Å². The maximum atomic E-state index is 11.8. The van der Waals surface area contributed by atoms with Gasteiger partial charge in [0.25, 0.3) is 0 Å². The van der Waals surface area contributed by atoms with Crippen LogP contribution < -0.4 is 15.0 Å². The van der Waals surface area contributed by atoms with Gasteiger partial charge in [0, 0.05) is 43.8 Å². The second kappa shape index (κ2) is 10.6. The van der Waals surface area contributed by atoms with E-state index >= 15 is 0 Å². The zero-order valence-electron chi connectivity index (χ0n) is 19.1. The highest BCUT2D eigenvalue weighted by Gasteiger charge is 2.19. The lowest BCUT2D eigenvalue weighted by Crippen LogP contribution is -2.37. The van der Waals surface area contributed by atoms with Crippen molar-refractivity contribution < 1.29 is 14.3 Å². The van der Waals surface area contributed by atoms with Crippen molar-refractivity contribution in [2.75, 3.05) is 45.3 Å². The van der Waals surface area contributed by atoms with Gasteiger partial charge in [0.05, 0.1) is 31.2 Å². The Morgan fingerprint density at radius 3 is 2.85 bits per heavy atom. The van der Waals surface area contributed by atoms with Crippen molar-refractivity contribution in [3.63, 3.8) is 0 Å². The van der Waals surface area contributed by atoms with E-state index in [2.05, 4.69) is 32.1 Å². The third-order valence-corrected chi connectivity index (χ3v) is 5.03. The Hall–Kier alpha value is -4.25. The highest BCUT2D eigenvalue weighted by atomic mass is 16.5. The lowest BCUT2D eigenvalue weighted by atomic mass is 10.1. The molecule has 2 N–H and O–H groups in total. The Bertz CT molecular complexity index is 1230. The number of allylic oxidation sites excluding steroid dienone is 3. The van der Waals surface area contributed by atoms with Gasteiger partial charge < -0.3 is 24.6 Å². The summed E-state index contributed by atoms with van der Waals surface area (Å²) in [6.45, 7) is 6.25. The Labute approximate surface area is 196 Å². The van der Waals surface area contributed by atoms with Crippen LogP contribution in [0.3, 0.4) is 0 Å². The Balaban J connectivity index is 1.61. The number of hydrogen-bond donors (Lipinski definition) is 2. The first kappa shape index (κ1) is 22.9. The van der Waals surface area contributed by atoms with Gasteiger partial charge in [0.1, 0.15) is 0 Å². The first-order valence-electron chi connectivity index (χ1n) is 10.7. The maximum Gasteiger partial charge on any atom is 0.326 e. The Kier molecular flexibility index (Phi) is 7.13. The van der Waals surface area contributed by atoms with Gasteiger partial charge >= 0.3 is 12.0 Å². The lowest BCUT2D eigenvalue weighted by molar-refractivity contribution is 0.122. The molecule has 0 bridgehead atoms. The SMILES string of the molecule is C=C/C(=C\C=C\Oc1nc(-c2cccc3[nH]ncc23)nc(N2CCOCC2)n1)NC(=O)N(C)C. The topological polar surface area (TPSA) is 121 Å². The predicted octanol–water partition coefficient (Wildman–Crippen LogP) is 2.49. The van der Waals surface area contributed by atoms with Crippen molar-refractivity contribution in [2.24, 2.45) is 0 Å². The summed E-state index contributed by atoms with van der Waals surface area (Å²) >= 11 is 0. The standard InChI is InChI=1S/C23H26N8O3/c1-4-16(25-23(32)30(2)3)7-6-12-34-22-27-20(17-8-5-9-19-18(17)15-24-29-19)26-21(28-22)31-10-13-33-14-11-31/h4-9,12,15H,1,10-11,13-14H2,2-3H3,(H,24,29)(H,25,32)/b12-6+,16-7+. The molecule has 0 spiro atoms. The van der Waals surface area contributed by atoms with E-state index in [1.807, 2.05) is 23.1 Å². The summed E-state index contributed by atoms with van der Waals surface area (Å²) in [5, 5.41) is 10.7. The summed E-state index contributed by atoms with van der Waals surface area (Å²) in [5.74, 6) is 0.991. The van der Waals surface area contributed by atoms with E-state index in [-0.39, 0.29) is 12.0 Å². The highest BCUT2D eigenvalue weighted by molar-refractivity contribution is 5.92. The van der Waals surface area contributed by atoms with E-state index in [1.165, 1.54) is 17.2 Å². The number of nitrogens with one attached hydrogen (secondary N) is 2. The molecule has 11 heteroatoms. The van der Waals surface area contributed by atoms with Gasteiger partial charge in [-0.05, 0) is 24.3 Å². The number of aromatic amines is 1. The van der Waals surface area contributed by atoms with E-state index < -0.39 is 0 Å². The average Bonchev–Trinajstić information content (AvgIpc) is 3.35. The molecule has 1 aliphatic heterocycles. The number of morpholine rings is 1. The van der Waals surface area contributed by atoms with Crippen molar-refractivity contribution in [1.82, 2.24) is 35.4 Å². The fourth-order valence-electron chi connectivity index (χ4n) is 3.23. The number of hydrogen-bond acceptors (Lipinski definition) is 8. The summed E-state index contributed by atoms with van der Waals surface area (Å²) in [5.41, 5.74) is 2.22. The Morgan fingerprint density at radius 1 is 1.26 bits per heavy atom. The zero-order chi connectivity index (χ0) is 23.9. The van der Waals surface area contributed by atoms with Gasteiger partial charge in [-0.2, -0.15) is 20.1 Å². The number of carbonyl (C=O) groups excluding carboxylic acids is 1. The van der Waals surface area contributed by atoms with Gasteiger partial charge in [-0.3, -0.25) is 5.10 Å². The number of aromatic nitrogens is 5. The fraction of sp³-hybridized carbons (Fsp3) is 0.261. The lowest BCUT2D eigenvalue weighted by Gasteiger charge is -2.26. The highest BCUT2D eigenvalue weighted by Crippen LogP contribution is 2.27. The number of H-pyrrole nitrogens is 1. The number of urea groups is 1. The molecule has 4 rings (SSSR count). The van der Waals surface area contributed by atoms with Crippen LogP contribution in [0.4, 0.5) is 10.7 Å². The Morgan fingerprint density at radius 2 is 2.09 bits per heavy atom. The minimum Gasteiger partial charge on any atom is -0.432 e. The van der Waals surface area contributed by atoms with Gasteiger partial charge in [-0.1, -0.05) is 18.7 Å². The molecule has 0 atom stereocenters. The van der Waals surface area contributed by atoms with Crippen LogP contribution in [-0.4, -0.2) is 76.5 Å². The van der Waals surface area contributed by atoms with Gasteiger partial charge in [-0.25, -0.2) is 4.79 Å². The number of benzene rings is 1. The molecule has 176 valence electrons. The minimum atomic E-state index is -0.258. The van der Waals surface area contributed by atoms with Crippen molar-refractivity contribution in [3.05, 3.63) is 61.2 Å². The number of rotatable bonds is 7. The second-order valence-electron chi connectivity index (χ2n) is 7.57. The normalized spacial score (nSPS) is 14.4. The monoisotopic (exact) mass is 462 g/mol. The quantitative estimate of drug-likeness (QED) is 0.406. The molecule has 0 radical (unpaired) electrons. The summed E-state index contributed by atoms with van der Waals surface area (Å²) in [6, 6.07) is 5.68. The molecule has 11 nitrogen and oxygen atoms in total. The first-order valence-corrected chi connectivity index (χ1v) is 10.7. The van der Waals surface area contributed by atoms with Crippen molar-refractivity contribution in [1.29, 1.82) is 0 Å². The molecular formula is C23H26N8O3. The van der Waals surface area contributed by atoms with Crippen LogP contribution in [0, 0.1) is 0 Å². The predicted molar refractivity (Wildman–Crippen MR) is 128 cm³/mol. The van der Waals surface area contributed by atoms with E-state index in [1.54, 1.807) is 32.4 Å². The van der Waals surface area contributed by atoms with Crippen LogP contribution >= 0.6 is 0 Å². The van der Waals surface area contributed by atoms with Crippen LogP contribution in [0.25, 0.3) is 22.3 Å². The van der Waals surface area contributed by atoms with Crippen LogP contribution in [-0.2, 0) is 4.74 Å². The minimum absolute atomic E-state index is 0.147. The number of nitrogens with zero attached hydrogens (tertiary/aromatic N) is 6. The van der Waals surface area contributed by atoms with E-state index in [0.717, 1.165) is 16.5 Å². The van der Waals surface area contributed by atoms with Crippen LogP contribution in [0.1, 0.15) is 0 Å². The molecule has 3 aromatic rings. The van der Waals surface area contributed by atoms with E-state index in [0.29, 0.717) is 43.8 Å². The van der Waals surface area contributed by atoms with Gasteiger partial charge in [0.15, 0.2) is 5.82 Å². The largest absolute Gasteiger partial charge is 0.432 e. The van der Waals surface area contributed by atoms with Crippen LogP contribution in [0.5, 0.6) is 6.01 Å². The smallest absolute Gasteiger partial charge is 0.326 e. The van der Waals surface area contributed by atoms with Gasteiger partial charge in [0.2, 0.25) is 5.95 Å². The molecule has 3 heterocycles. The average molecular weight is 463 g/mol. The molecule has 2 aromatic heterocycles. The molecule has 0 saturated carbocycles.